The van der Waals surface area contributed by atoms with E-state index in [-0.39, 0.29) is 45.3 Å². The van der Waals surface area contributed by atoms with Gasteiger partial charge in [0.1, 0.15) is 6.61 Å². The van der Waals surface area contributed by atoms with Gasteiger partial charge in [0.15, 0.2) is 11.6 Å². The quantitative estimate of drug-likeness (QED) is 0.0982. The van der Waals surface area contributed by atoms with E-state index in [2.05, 4.69) is 10.0 Å². The number of azide groups is 1. The van der Waals surface area contributed by atoms with Crippen LogP contribution in [0.4, 0.5) is 0 Å². The van der Waals surface area contributed by atoms with Crippen LogP contribution in [0.25, 0.3) is 10.4 Å². The van der Waals surface area contributed by atoms with Gasteiger partial charge in [-0.2, -0.15) is 5.06 Å². The van der Waals surface area contributed by atoms with Gasteiger partial charge in [0.25, 0.3) is 5.91 Å². The van der Waals surface area contributed by atoms with Gasteiger partial charge in [-0.25, -0.2) is 4.79 Å². The second-order valence-electron chi connectivity index (χ2n) is 5.52. The zero-order valence-corrected chi connectivity index (χ0v) is 14.8. The van der Waals surface area contributed by atoms with E-state index in [0.29, 0.717) is 5.06 Å². The largest absolute Gasteiger partial charge is 0.446 e. The molecular weight excluding hydrogens is 364 g/mol. The van der Waals surface area contributed by atoms with Gasteiger partial charge in [0.05, 0.1) is 6.61 Å². The highest BCUT2D eigenvalue weighted by atomic mass is 16.7. The molecule has 12 heteroatoms. The van der Waals surface area contributed by atoms with Gasteiger partial charge in [-0.1, -0.05) is 5.11 Å². The number of carbonyl (C=O) groups is 5. The summed E-state index contributed by atoms with van der Waals surface area (Å²) in [4.78, 5) is 64.9. The predicted octanol–water partition coefficient (Wildman–Crippen LogP) is 0.244. The summed E-state index contributed by atoms with van der Waals surface area (Å²) in [5.74, 6) is -2.96. The molecule has 0 bridgehead atoms. The fourth-order valence-corrected chi connectivity index (χ4v) is 2.09. The number of Topliss-reactive ketones (excluding diaryl/α,β-unsaturated/α-hetero) is 2. The van der Waals surface area contributed by atoms with E-state index in [1.165, 1.54) is 7.05 Å². The number of esters is 1. The Hall–Kier alpha value is -2.98. The van der Waals surface area contributed by atoms with E-state index < -0.39 is 42.1 Å². The Morgan fingerprint density at radius 2 is 1.85 bits per heavy atom. The van der Waals surface area contributed by atoms with Gasteiger partial charge in [-0.15, -0.1) is 0 Å². The molecule has 0 spiro atoms. The smallest absolute Gasteiger partial charge is 0.357 e. The van der Waals surface area contributed by atoms with Crippen LogP contribution < -0.4 is 0 Å². The maximum Gasteiger partial charge on any atom is 0.357 e. The van der Waals surface area contributed by atoms with Crippen molar-refractivity contribution in [3.05, 3.63) is 10.4 Å². The van der Waals surface area contributed by atoms with E-state index in [1.807, 2.05) is 0 Å². The molecule has 1 amide bonds. The molecule has 148 valence electrons. The van der Waals surface area contributed by atoms with Crippen molar-refractivity contribution in [3.8, 4) is 0 Å². The summed E-state index contributed by atoms with van der Waals surface area (Å²) in [7, 11) is 1.23. The third-order valence-electron chi connectivity index (χ3n) is 3.43. The lowest BCUT2D eigenvalue weighted by Gasteiger charge is -2.16. The average Bonchev–Trinajstić information content (AvgIpc) is 2.93. The van der Waals surface area contributed by atoms with Gasteiger partial charge in [-0.3, -0.25) is 19.2 Å². The van der Waals surface area contributed by atoms with Crippen LogP contribution in [0.3, 0.4) is 0 Å². The van der Waals surface area contributed by atoms with E-state index in [4.69, 9.17) is 19.8 Å². The normalized spacial score (nSPS) is 13.8. The second-order valence-corrected chi connectivity index (χ2v) is 5.52. The van der Waals surface area contributed by atoms with Crippen molar-refractivity contribution in [1.82, 2.24) is 5.06 Å². The monoisotopic (exact) mass is 384 g/mol. The van der Waals surface area contributed by atoms with E-state index in [0.717, 1.165) is 0 Å². The number of hydrogen-bond donors (Lipinski definition) is 0. The van der Waals surface area contributed by atoms with Crippen molar-refractivity contribution in [2.45, 2.75) is 38.2 Å². The van der Waals surface area contributed by atoms with Crippen molar-refractivity contribution >= 4 is 29.4 Å². The summed E-state index contributed by atoms with van der Waals surface area (Å²) in [5.41, 5.74) is 8.06. The molecular formula is C15H20N4O8. The number of ether oxygens (including phenoxy) is 2. The summed E-state index contributed by atoms with van der Waals surface area (Å²) >= 11 is 0. The first kappa shape index (κ1) is 22.1. The number of rotatable bonds is 10. The van der Waals surface area contributed by atoms with Crippen molar-refractivity contribution < 1.29 is 38.3 Å². The maximum atomic E-state index is 11.8. The molecule has 0 radical (unpaired) electrons. The van der Waals surface area contributed by atoms with Crippen LogP contribution in [-0.4, -0.2) is 67.4 Å². The number of nitrogens with zero attached hydrogens (tertiary/aromatic N) is 4. The average molecular weight is 384 g/mol. The Labute approximate surface area is 154 Å². The van der Waals surface area contributed by atoms with Gasteiger partial charge < -0.3 is 14.3 Å². The van der Waals surface area contributed by atoms with E-state index >= 15 is 0 Å². The zero-order chi connectivity index (χ0) is 20.2. The molecule has 1 saturated carbocycles. The van der Waals surface area contributed by atoms with Crippen LogP contribution in [-0.2, 0) is 38.3 Å². The summed E-state index contributed by atoms with van der Waals surface area (Å²) < 4.78 is 9.70. The lowest BCUT2D eigenvalue weighted by atomic mass is 10.2. The SMILES string of the molecule is CN(OC(=O)COCCN=[N+]=[N-])C(=O)CCCC(=O)OC1C(=O)CCC1=O. The topological polar surface area (TPSA) is 165 Å². The molecule has 0 aromatic carbocycles. The number of hydroxylamine groups is 2. The van der Waals surface area contributed by atoms with Gasteiger partial charge >= 0.3 is 11.9 Å². The van der Waals surface area contributed by atoms with Crippen LogP contribution >= 0.6 is 0 Å². The molecule has 0 unspecified atom stereocenters. The number of amides is 1. The third-order valence-corrected chi connectivity index (χ3v) is 3.43. The van der Waals surface area contributed by atoms with Crippen LogP contribution in [0.5, 0.6) is 0 Å². The number of ketones is 2. The molecule has 1 aliphatic carbocycles. The standard InChI is InChI=1S/C15H20N4O8/c1-19(27-14(24)9-25-8-7-17-18-16)12(22)3-2-4-13(23)26-15-10(20)5-6-11(15)21/h15H,2-9H2,1H3. The van der Waals surface area contributed by atoms with Crippen molar-refractivity contribution in [3.63, 3.8) is 0 Å². The van der Waals surface area contributed by atoms with E-state index in [1.54, 1.807) is 0 Å². The van der Waals surface area contributed by atoms with Crippen LogP contribution in [0.1, 0.15) is 32.1 Å². The molecule has 0 aromatic heterocycles. The summed E-state index contributed by atoms with van der Waals surface area (Å²) in [5, 5.41) is 3.93. The van der Waals surface area contributed by atoms with Crippen molar-refractivity contribution in [2.24, 2.45) is 5.11 Å². The van der Waals surface area contributed by atoms with Gasteiger partial charge in [0.2, 0.25) is 6.10 Å². The second kappa shape index (κ2) is 11.6. The minimum atomic E-state index is -1.32. The predicted molar refractivity (Wildman–Crippen MR) is 86.7 cm³/mol. The first-order valence-corrected chi connectivity index (χ1v) is 8.16. The first-order chi connectivity index (χ1) is 12.8. The van der Waals surface area contributed by atoms with Gasteiger partial charge in [0, 0.05) is 44.2 Å². The molecule has 0 atom stereocenters. The Morgan fingerprint density at radius 3 is 2.48 bits per heavy atom. The molecule has 1 fully saturated rings. The van der Waals surface area contributed by atoms with E-state index in [9.17, 15) is 24.0 Å². The molecule has 1 rings (SSSR count). The Bertz CT molecular complexity index is 628. The highest BCUT2D eigenvalue weighted by Gasteiger charge is 2.35. The minimum Gasteiger partial charge on any atom is -0.446 e. The summed E-state index contributed by atoms with van der Waals surface area (Å²) in [6.45, 7) is -0.327. The lowest BCUT2D eigenvalue weighted by molar-refractivity contribution is -0.196. The number of hydrogen-bond acceptors (Lipinski definition) is 9. The van der Waals surface area contributed by atoms with Crippen LogP contribution in [0.15, 0.2) is 5.11 Å². The van der Waals surface area contributed by atoms with Gasteiger partial charge in [-0.05, 0) is 12.0 Å². The zero-order valence-electron chi connectivity index (χ0n) is 14.8. The summed E-state index contributed by atoms with van der Waals surface area (Å²) in [6, 6.07) is 0. The molecule has 0 saturated heterocycles. The fraction of sp³-hybridized carbons (Fsp3) is 0.667. The molecule has 0 aromatic rings. The Morgan fingerprint density at radius 1 is 1.19 bits per heavy atom. The van der Waals surface area contributed by atoms with Crippen molar-refractivity contribution in [1.29, 1.82) is 0 Å². The Balaban J connectivity index is 2.20. The fourth-order valence-electron chi connectivity index (χ4n) is 2.09. The van der Waals surface area contributed by atoms with Crippen LogP contribution in [0.2, 0.25) is 0 Å². The molecule has 0 aliphatic heterocycles. The van der Waals surface area contributed by atoms with Crippen molar-refractivity contribution in [2.75, 3.05) is 26.8 Å². The Kier molecular flexibility index (Phi) is 9.48. The molecule has 12 nitrogen and oxygen atoms in total. The molecule has 27 heavy (non-hydrogen) atoms. The molecule has 0 N–H and O–H groups in total. The molecule has 1 aliphatic rings. The highest BCUT2D eigenvalue weighted by molar-refractivity contribution is 6.12. The third kappa shape index (κ3) is 8.29. The van der Waals surface area contributed by atoms with Crippen LogP contribution in [0, 0.1) is 0 Å². The lowest BCUT2D eigenvalue weighted by Crippen LogP contribution is -2.31. The molecule has 0 heterocycles. The minimum absolute atomic E-state index is 0.0327. The highest BCUT2D eigenvalue weighted by Crippen LogP contribution is 2.15. The first-order valence-electron chi connectivity index (χ1n) is 8.16. The maximum absolute atomic E-state index is 11.8. The summed E-state index contributed by atoms with van der Waals surface area (Å²) in [6.07, 6.45) is -1.36. The number of carbonyl (C=O) groups excluding carboxylic acids is 5.